The number of nitrogens with one attached hydrogen (secondary N) is 3. The molecule has 0 fully saturated rings. The maximum Gasteiger partial charge on any atom is 0.278 e. The third kappa shape index (κ3) is 6.16. The Labute approximate surface area is 170 Å². The molecule has 0 aliphatic heterocycles. The Kier molecular flexibility index (Phi) is 7.63. The van der Waals surface area contributed by atoms with Gasteiger partial charge in [0, 0.05) is 16.7 Å². The van der Waals surface area contributed by atoms with E-state index in [1.807, 2.05) is 5.32 Å². The summed E-state index contributed by atoms with van der Waals surface area (Å²) in [6.45, 7) is 0. The van der Waals surface area contributed by atoms with Gasteiger partial charge in [0.25, 0.3) is 18.2 Å². The number of amides is 2. The Bertz CT molecular complexity index is 1060. The van der Waals surface area contributed by atoms with E-state index in [9.17, 15) is 23.5 Å². The Morgan fingerprint density at radius 3 is 1.90 bits per heavy atom. The first-order chi connectivity index (χ1) is 14.3. The minimum Gasteiger partial charge on any atom is -0.508 e. The van der Waals surface area contributed by atoms with Crippen LogP contribution in [0.15, 0.2) is 48.5 Å². The molecule has 2 aromatic carbocycles. The van der Waals surface area contributed by atoms with Crippen molar-refractivity contribution in [2.45, 2.75) is 12.5 Å². The first-order valence-electron chi connectivity index (χ1n) is 8.34. The number of hydrogen-bond donors (Lipinski definition) is 5. The highest BCUT2D eigenvalue weighted by Crippen LogP contribution is 2.08. The topological polar surface area (TPSA) is 123 Å². The van der Waals surface area contributed by atoms with Gasteiger partial charge in [-0.25, -0.2) is 14.3 Å². The van der Waals surface area contributed by atoms with Crippen LogP contribution in [0.4, 0.5) is 8.78 Å². The number of hydroxylamine groups is 1. The zero-order valence-electron chi connectivity index (χ0n) is 15.2. The summed E-state index contributed by atoms with van der Waals surface area (Å²) < 4.78 is 25.4. The molecule has 0 aromatic heterocycles. The second-order valence-electron chi connectivity index (χ2n) is 5.76. The van der Waals surface area contributed by atoms with Crippen LogP contribution in [0.1, 0.15) is 21.5 Å². The lowest BCUT2D eigenvalue weighted by molar-refractivity contribution is -0.129. The average Bonchev–Trinajstić information content (AvgIpc) is 2.75. The number of carbonyl (C=O) groups is 2. The molecule has 7 nitrogen and oxygen atoms in total. The van der Waals surface area contributed by atoms with Crippen molar-refractivity contribution in [2.24, 2.45) is 0 Å². The fourth-order valence-electron chi connectivity index (χ4n) is 2.15. The Morgan fingerprint density at radius 2 is 1.43 bits per heavy atom. The van der Waals surface area contributed by atoms with Crippen LogP contribution < -0.4 is 10.8 Å². The summed E-state index contributed by atoms with van der Waals surface area (Å²) >= 11 is 0. The smallest absolute Gasteiger partial charge is 0.278 e. The largest absolute Gasteiger partial charge is 0.508 e. The summed E-state index contributed by atoms with van der Waals surface area (Å²) in [5.41, 5.74) is 1.01. The van der Waals surface area contributed by atoms with E-state index in [2.05, 4.69) is 23.7 Å². The van der Waals surface area contributed by atoms with E-state index in [1.54, 1.807) is 12.1 Å². The van der Waals surface area contributed by atoms with Crippen molar-refractivity contribution < 1.29 is 28.7 Å². The Morgan fingerprint density at radius 1 is 0.933 bits per heavy atom. The van der Waals surface area contributed by atoms with E-state index in [0.717, 1.165) is 5.48 Å². The van der Waals surface area contributed by atoms with Gasteiger partial charge >= 0.3 is 0 Å². The summed E-state index contributed by atoms with van der Waals surface area (Å²) in [5.74, 6) is 8.70. The predicted molar refractivity (Wildman–Crippen MR) is 103 cm³/mol. The lowest BCUT2D eigenvalue weighted by Gasteiger charge is -2.17. The van der Waals surface area contributed by atoms with E-state index in [1.165, 1.54) is 36.4 Å². The standard InChI is InChI=1S/C21H15F2N3O4/c22-19(23)17(24)18(21(29)26-30)25-20(28)15-9-5-13(6-10-15)3-1-2-4-14-7-11-16(27)12-8-14/h5-12,18-19,24,27,30H,(H,25,28)(H,26,29)/t18-/m0/s1. The average molecular weight is 411 g/mol. The van der Waals surface area contributed by atoms with E-state index in [4.69, 9.17) is 10.6 Å². The first kappa shape index (κ1) is 22.1. The summed E-state index contributed by atoms with van der Waals surface area (Å²) in [5, 5.41) is 27.0. The van der Waals surface area contributed by atoms with Gasteiger partial charge in [-0.05, 0) is 60.4 Å². The molecule has 0 bridgehead atoms. The molecule has 30 heavy (non-hydrogen) atoms. The molecule has 9 heteroatoms. The molecule has 2 amide bonds. The zero-order valence-corrected chi connectivity index (χ0v) is 15.2. The number of carbonyl (C=O) groups excluding carboxylic acids is 2. The van der Waals surface area contributed by atoms with Crippen LogP contribution in [-0.2, 0) is 4.79 Å². The number of aromatic hydroxyl groups is 1. The highest BCUT2D eigenvalue weighted by molar-refractivity contribution is 6.11. The van der Waals surface area contributed by atoms with Gasteiger partial charge in [0.05, 0.1) is 0 Å². The van der Waals surface area contributed by atoms with E-state index in [-0.39, 0.29) is 11.3 Å². The van der Waals surface area contributed by atoms with E-state index in [0.29, 0.717) is 11.1 Å². The normalized spacial score (nSPS) is 10.7. The van der Waals surface area contributed by atoms with Gasteiger partial charge < -0.3 is 15.8 Å². The zero-order chi connectivity index (χ0) is 22.1. The highest BCUT2D eigenvalue weighted by Gasteiger charge is 2.30. The van der Waals surface area contributed by atoms with Gasteiger partial charge in [0.15, 0.2) is 6.04 Å². The summed E-state index contributed by atoms with van der Waals surface area (Å²) in [6, 6.07) is 9.94. The van der Waals surface area contributed by atoms with Crippen LogP contribution in [0.5, 0.6) is 5.75 Å². The third-order valence-corrected chi connectivity index (χ3v) is 3.68. The van der Waals surface area contributed by atoms with Crippen molar-refractivity contribution in [1.29, 1.82) is 5.41 Å². The van der Waals surface area contributed by atoms with Gasteiger partial charge in [0.1, 0.15) is 11.5 Å². The molecule has 0 heterocycles. The number of benzene rings is 2. The summed E-state index contributed by atoms with van der Waals surface area (Å²) in [7, 11) is 0. The minimum absolute atomic E-state index is 0.0357. The molecule has 0 aliphatic rings. The van der Waals surface area contributed by atoms with Crippen molar-refractivity contribution >= 4 is 17.5 Å². The maximum atomic E-state index is 12.7. The van der Waals surface area contributed by atoms with Crippen LogP contribution in [-0.4, -0.2) is 40.3 Å². The summed E-state index contributed by atoms with van der Waals surface area (Å²) in [4.78, 5) is 23.6. The fraction of sp³-hybridized carbons (Fsp3) is 0.0952. The maximum absolute atomic E-state index is 12.7. The molecule has 1 atom stereocenters. The second kappa shape index (κ2) is 10.4. The Balaban J connectivity index is 2.06. The van der Waals surface area contributed by atoms with Crippen molar-refractivity contribution in [2.75, 3.05) is 0 Å². The highest BCUT2D eigenvalue weighted by atomic mass is 19.3. The fourth-order valence-corrected chi connectivity index (χ4v) is 2.15. The first-order valence-corrected chi connectivity index (χ1v) is 8.34. The van der Waals surface area contributed by atoms with Crippen LogP contribution in [0, 0.1) is 29.1 Å². The number of phenols is 1. The SMILES string of the molecule is N=C(C(F)F)[C@H](NC(=O)c1ccc(C#CC#Cc2ccc(O)cc2)cc1)C(=O)NO. The Hall–Kier alpha value is -4.21. The minimum atomic E-state index is -3.28. The number of rotatable bonds is 5. The number of hydrogen-bond acceptors (Lipinski definition) is 5. The molecule has 5 N–H and O–H groups in total. The molecule has 2 rings (SSSR count). The molecule has 0 spiro atoms. The summed E-state index contributed by atoms with van der Waals surface area (Å²) in [6.07, 6.45) is -3.28. The van der Waals surface area contributed by atoms with Crippen LogP contribution >= 0.6 is 0 Å². The van der Waals surface area contributed by atoms with Gasteiger partial charge in [-0.15, -0.1) is 0 Å². The number of phenolic OH excluding ortho intramolecular Hbond substituents is 1. The third-order valence-electron chi connectivity index (χ3n) is 3.68. The molecule has 0 saturated heterocycles. The van der Waals surface area contributed by atoms with Crippen molar-refractivity contribution in [3.8, 4) is 29.4 Å². The molecule has 152 valence electrons. The van der Waals surface area contributed by atoms with Gasteiger partial charge in [-0.3, -0.25) is 14.8 Å². The molecule has 0 unspecified atom stereocenters. The number of halogens is 2. The second-order valence-corrected chi connectivity index (χ2v) is 5.76. The molecule has 2 aromatic rings. The molecular weight excluding hydrogens is 396 g/mol. The lowest BCUT2D eigenvalue weighted by Crippen LogP contribution is -2.52. The molecular formula is C21H15F2N3O4. The van der Waals surface area contributed by atoms with Crippen molar-refractivity contribution in [3.05, 3.63) is 65.2 Å². The van der Waals surface area contributed by atoms with Crippen LogP contribution in [0.25, 0.3) is 0 Å². The number of alkyl halides is 2. The van der Waals surface area contributed by atoms with E-state index < -0.39 is 30.0 Å². The van der Waals surface area contributed by atoms with Crippen molar-refractivity contribution in [1.82, 2.24) is 10.8 Å². The van der Waals surface area contributed by atoms with Crippen LogP contribution in [0.2, 0.25) is 0 Å². The molecule has 0 radical (unpaired) electrons. The van der Waals surface area contributed by atoms with Crippen LogP contribution in [0.3, 0.4) is 0 Å². The van der Waals surface area contributed by atoms with Gasteiger partial charge in [-0.1, -0.05) is 11.8 Å². The lowest BCUT2D eigenvalue weighted by atomic mass is 10.1. The van der Waals surface area contributed by atoms with E-state index >= 15 is 0 Å². The van der Waals surface area contributed by atoms with Crippen molar-refractivity contribution in [3.63, 3.8) is 0 Å². The predicted octanol–water partition coefficient (Wildman–Crippen LogP) is 1.68. The molecule has 0 saturated carbocycles. The quantitative estimate of drug-likeness (QED) is 0.222. The monoisotopic (exact) mass is 411 g/mol. The molecule has 0 aliphatic carbocycles. The van der Waals surface area contributed by atoms with Gasteiger partial charge in [-0.2, -0.15) is 0 Å². The van der Waals surface area contributed by atoms with Gasteiger partial charge in [0.2, 0.25) is 0 Å².